The Balaban J connectivity index is 1.61. The van der Waals surface area contributed by atoms with Crippen LogP contribution in [-0.4, -0.2) is 37.3 Å². The van der Waals surface area contributed by atoms with E-state index in [9.17, 15) is 4.79 Å². The van der Waals surface area contributed by atoms with Gasteiger partial charge in [-0.2, -0.15) is 10.1 Å². The third-order valence-electron chi connectivity index (χ3n) is 4.42. The third kappa shape index (κ3) is 4.70. The number of ether oxygens (including phenoxy) is 1. The summed E-state index contributed by atoms with van der Waals surface area (Å²) in [6, 6.07) is 5.28. The standard InChI is InChI=1S/C21H19Cl2N5O3/c1-12(2)30-21-17(23)8-13(10-24-21)20-25-19(27-31-20)15-7-14-11-28(5-3-4-6-29)26-18(14)9-16(15)22/h6-12H,3-5H2,1-2H3. The summed E-state index contributed by atoms with van der Waals surface area (Å²) >= 11 is 12.7. The van der Waals surface area contributed by atoms with Gasteiger partial charge in [-0.05, 0) is 38.5 Å². The molecule has 1 aromatic carbocycles. The van der Waals surface area contributed by atoms with E-state index in [1.54, 1.807) is 23.0 Å². The topological polar surface area (TPSA) is 95.9 Å². The molecule has 0 atom stereocenters. The van der Waals surface area contributed by atoms with Crippen molar-refractivity contribution in [2.45, 2.75) is 39.3 Å². The van der Waals surface area contributed by atoms with E-state index in [2.05, 4.69) is 20.2 Å². The van der Waals surface area contributed by atoms with E-state index in [1.165, 1.54) is 0 Å². The van der Waals surface area contributed by atoms with Crippen LogP contribution in [0.1, 0.15) is 26.7 Å². The molecule has 4 rings (SSSR count). The van der Waals surface area contributed by atoms with E-state index in [4.69, 9.17) is 32.5 Å². The second-order valence-corrected chi connectivity index (χ2v) is 8.01. The molecule has 0 aliphatic carbocycles. The Kier molecular flexibility index (Phi) is 6.20. The number of hydrogen-bond donors (Lipinski definition) is 0. The number of fused-ring (bicyclic) bond motifs is 1. The highest BCUT2D eigenvalue weighted by molar-refractivity contribution is 6.34. The summed E-state index contributed by atoms with van der Waals surface area (Å²) in [5, 5.41) is 10.2. The number of rotatable bonds is 8. The van der Waals surface area contributed by atoms with Gasteiger partial charge in [0.2, 0.25) is 11.7 Å². The van der Waals surface area contributed by atoms with Crippen LogP contribution in [0.3, 0.4) is 0 Å². The Hall–Kier alpha value is -2.97. The zero-order valence-electron chi connectivity index (χ0n) is 16.9. The highest BCUT2D eigenvalue weighted by Gasteiger charge is 2.17. The highest BCUT2D eigenvalue weighted by atomic mass is 35.5. The van der Waals surface area contributed by atoms with Crippen molar-refractivity contribution in [3.8, 4) is 28.7 Å². The fourth-order valence-corrected chi connectivity index (χ4v) is 3.48. The average molecular weight is 460 g/mol. The van der Waals surface area contributed by atoms with Crippen molar-refractivity contribution in [3.05, 3.63) is 40.6 Å². The van der Waals surface area contributed by atoms with Gasteiger partial charge in [0.1, 0.15) is 11.3 Å². The van der Waals surface area contributed by atoms with Crippen LogP contribution in [0.15, 0.2) is 35.1 Å². The number of pyridine rings is 1. The molecular weight excluding hydrogens is 441 g/mol. The van der Waals surface area contributed by atoms with E-state index < -0.39 is 0 Å². The van der Waals surface area contributed by atoms with Gasteiger partial charge in [-0.15, -0.1) is 0 Å². The Morgan fingerprint density at radius 2 is 2.06 bits per heavy atom. The van der Waals surface area contributed by atoms with Crippen molar-refractivity contribution in [2.75, 3.05) is 0 Å². The van der Waals surface area contributed by atoms with Gasteiger partial charge in [0.05, 0.1) is 22.2 Å². The third-order valence-corrected chi connectivity index (χ3v) is 5.00. The summed E-state index contributed by atoms with van der Waals surface area (Å²) in [7, 11) is 0. The first-order chi connectivity index (χ1) is 14.9. The normalized spacial score (nSPS) is 11.4. The van der Waals surface area contributed by atoms with E-state index in [0.717, 1.165) is 23.6 Å². The molecule has 0 saturated carbocycles. The molecule has 31 heavy (non-hydrogen) atoms. The van der Waals surface area contributed by atoms with Crippen molar-refractivity contribution in [2.24, 2.45) is 0 Å². The van der Waals surface area contributed by atoms with Gasteiger partial charge in [-0.25, -0.2) is 4.98 Å². The van der Waals surface area contributed by atoms with E-state index >= 15 is 0 Å². The Morgan fingerprint density at radius 1 is 1.23 bits per heavy atom. The molecule has 160 valence electrons. The van der Waals surface area contributed by atoms with Crippen molar-refractivity contribution >= 4 is 40.4 Å². The van der Waals surface area contributed by atoms with Crippen LogP contribution in [-0.2, 0) is 11.3 Å². The SMILES string of the molecule is CC(C)Oc1ncc(-c2nc(-c3cc4cn(CCCC=O)nc4cc3Cl)no2)cc1Cl. The highest BCUT2D eigenvalue weighted by Crippen LogP contribution is 2.33. The lowest BCUT2D eigenvalue weighted by molar-refractivity contribution is -0.107. The lowest BCUT2D eigenvalue weighted by Gasteiger charge is -2.09. The van der Waals surface area contributed by atoms with Gasteiger partial charge in [0.15, 0.2) is 0 Å². The van der Waals surface area contributed by atoms with Gasteiger partial charge in [0.25, 0.3) is 5.89 Å². The molecule has 0 spiro atoms. The number of nitrogens with zero attached hydrogens (tertiary/aromatic N) is 5. The van der Waals surface area contributed by atoms with Crippen molar-refractivity contribution in [1.82, 2.24) is 24.9 Å². The summed E-state index contributed by atoms with van der Waals surface area (Å²) in [6.45, 7) is 4.44. The van der Waals surface area contributed by atoms with Crippen molar-refractivity contribution in [3.63, 3.8) is 0 Å². The van der Waals surface area contributed by atoms with Crippen molar-refractivity contribution in [1.29, 1.82) is 0 Å². The van der Waals surface area contributed by atoms with Gasteiger partial charge in [-0.3, -0.25) is 4.68 Å². The predicted octanol–water partition coefficient (Wildman–Crippen LogP) is 5.22. The molecular formula is C21H19Cl2N5O3. The minimum atomic E-state index is -0.0442. The zero-order valence-corrected chi connectivity index (χ0v) is 18.4. The molecule has 0 amide bonds. The molecule has 0 bridgehead atoms. The second kappa shape index (κ2) is 9.03. The van der Waals surface area contributed by atoms with Gasteiger partial charge >= 0.3 is 0 Å². The lowest BCUT2D eigenvalue weighted by Crippen LogP contribution is -2.07. The van der Waals surface area contributed by atoms with E-state index in [1.807, 2.05) is 26.1 Å². The number of halogens is 2. The lowest BCUT2D eigenvalue weighted by atomic mass is 10.1. The van der Waals surface area contributed by atoms with Crippen molar-refractivity contribution < 1.29 is 14.1 Å². The molecule has 0 aliphatic rings. The first kappa shape index (κ1) is 21.3. The number of unbranched alkanes of at least 4 members (excludes halogenated alkanes) is 1. The first-order valence-electron chi connectivity index (χ1n) is 9.71. The number of carbonyl (C=O) groups is 1. The Morgan fingerprint density at radius 3 is 2.81 bits per heavy atom. The van der Waals surface area contributed by atoms with E-state index in [0.29, 0.717) is 45.8 Å². The molecule has 0 saturated heterocycles. The first-order valence-corrected chi connectivity index (χ1v) is 10.5. The number of aromatic nitrogens is 5. The smallest absolute Gasteiger partial charge is 0.259 e. The maximum atomic E-state index is 10.5. The maximum absolute atomic E-state index is 10.5. The molecule has 0 unspecified atom stereocenters. The Bertz CT molecular complexity index is 1240. The van der Waals surface area contributed by atoms with Crippen LogP contribution in [0.2, 0.25) is 10.0 Å². The zero-order chi connectivity index (χ0) is 22.0. The predicted molar refractivity (Wildman–Crippen MR) is 117 cm³/mol. The summed E-state index contributed by atoms with van der Waals surface area (Å²) in [5.41, 5.74) is 1.94. The fraction of sp³-hybridized carbons (Fsp3) is 0.286. The fourth-order valence-electron chi connectivity index (χ4n) is 3.02. The molecule has 4 aromatic rings. The summed E-state index contributed by atoms with van der Waals surface area (Å²) in [5.74, 6) is 0.953. The van der Waals surface area contributed by atoms with Gasteiger partial charge < -0.3 is 14.1 Å². The second-order valence-electron chi connectivity index (χ2n) is 7.19. The number of aryl methyl sites for hydroxylation is 1. The Labute approximate surface area is 188 Å². The quantitative estimate of drug-likeness (QED) is 0.263. The van der Waals surface area contributed by atoms with Gasteiger partial charge in [-0.1, -0.05) is 28.4 Å². The van der Waals surface area contributed by atoms with Crippen LogP contribution >= 0.6 is 23.2 Å². The van der Waals surface area contributed by atoms with Gasteiger partial charge in [0, 0.05) is 36.3 Å². The molecule has 10 heteroatoms. The maximum Gasteiger partial charge on any atom is 0.259 e. The van der Waals surface area contributed by atoms with E-state index in [-0.39, 0.29) is 12.0 Å². The van der Waals surface area contributed by atoms with Crippen LogP contribution in [0, 0.1) is 0 Å². The molecule has 0 fully saturated rings. The molecule has 0 aliphatic heterocycles. The number of benzene rings is 1. The summed E-state index contributed by atoms with van der Waals surface area (Å²) in [4.78, 5) is 19.2. The van der Waals surface area contributed by atoms with Crippen LogP contribution in [0.5, 0.6) is 5.88 Å². The number of carbonyl (C=O) groups excluding carboxylic acids is 1. The van der Waals surface area contributed by atoms with Crippen LogP contribution < -0.4 is 4.74 Å². The largest absolute Gasteiger partial charge is 0.474 e. The number of aldehydes is 1. The molecule has 3 heterocycles. The summed E-state index contributed by atoms with van der Waals surface area (Å²) in [6.07, 6.45) is 5.55. The molecule has 0 N–H and O–H groups in total. The monoisotopic (exact) mass is 459 g/mol. The minimum Gasteiger partial charge on any atom is -0.474 e. The van der Waals surface area contributed by atoms with Crippen LogP contribution in [0.4, 0.5) is 0 Å². The molecule has 0 radical (unpaired) electrons. The molecule has 8 nitrogen and oxygen atoms in total. The average Bonchev–Trinajstić information content (AvgIpc) is 3.35. The number of hydrogen-bond acceptors (Lipinski definition) is 7. The summed E-state index contributed by atoms with van der Waals surface area (Å²) < 4.78 is 12.7. The minimum absolute atomic E-state index is 0.0442. The van der Waals surface area contributed by atoms with Crippen LogP contribution in [0.25, 0.3) is 33.7 Å². The molecule has 3 aromatic heterocycles.